The first-order valence-electron chi connectivity index (χ1n) is 8.50. The van der Waals surface area contributed by atoms with Crippen molar-refractivity contribution >= 4 is 46.6 Å². The number of rotatable bonds is 4. The molecule has 3 heterocycles. The molecule has 0 saturated heterocycles. The maximum Gasteiger partial charge on any atom is 0.262 e. The third kappa shape index (κ3) is 3.37. The Balaban J connectivity index is 1.51. The van der Waals surface area contributed by atoms with Gasteiger partial charge >= 0.3 is 0 Å². The van der Waals surface area contributed by atoms with Crippen molar-refractivity contribution in [2.45, 2.75) is 13.0 Å². The summed E-state index contributed by atoms with van der Waals surface area (Å²) in [6, 6.07) is 6.71. The van der Waals surface area contributed by atoms with E-state index in [1.807, 2.05) is 0 Å². The van der Waals surface area contributed by atoms with Crippen LogP contribution in [0.4, 0.5) is 5.69 Å². The van der Waals surface area contributed by atoms with Crippen molar-refractivity contribution in [3.8, 4) is 5.82 Å². The van der Waals surface area contributed by atoms with E-state index in [2.05, 4.69) is 15.4 Å². The van der Waals surface area contributed by atoms with Gasteiger partial charge in [-0.2, -0.15) is 5.10 Å². The quantitative estimate of drug-likeness (QED) is 0.642. The molecule has 2 aromatic heterocycles. The lowest BCUT2D eigenvalue weighted by Gasteiger charge is -2.21. The van der Waals surface area contributed by atoms with Crippen LogP contribution >= 0.6 is 23.2 Å². The lowest BCUT2D eigenvalue weighted by molar-refractivity contribution is -0.119. The highest BCUT2D eigenvalue weighted by atomic mass is 35.5. The van der Waals surface area contributed by atoms with Crippen LogP contribution < -0.4 is 5.32 Å². The normalized spacial score (nSPS) is 14.1. The van der Waals surface area contributed by atoms with Gasteiger partial charge in [0.05, 0.1) is 33.1 Å². The molecule has 0 bridgehead atoms. The Hall–Kier alpha value is -3.23. The Kier molecular flexibility index (Phi) is 4.81. The van der Waals surface area contributed by atoms with Crippen LogP contribution in [0.3, 0.4) is 0 Å². The molecule has 1 unspecified atom stereocenters. The van der Waals surface area contributed by atoms with E-state index in [-0.39, 0.29) is 21.2 Å². The molecule has 29 heavy (non-hydrogen) atoms. The van der Waals surface area contributed by atoms with Crippen molar-refractivity contribution < 1.29 is 14.4 Å². The van der Waals surface area contributed by atoms with Crippen LogP contribution in [0.15, 0.2) is 48.9 Å². The number of carbonyl (C=O) groups is 3. The predicted octanol–water partition coefficient (Wildman–Crippen LogP) is 3.20. The highest BCUT2D eigenvalue weighted by Crippen LogP contribution is 2.32. The molecule has 0 radical (unpaired) electrons. The number of amides is 3. The van der Waals surface area contributed by atoms with E-state index in [0.29, 0.717) is 11.5 Å². The molecule has 1 aliphatic heterocycles. The Labute approximate surface area is 175 Å². The Morgan fingerprint density at radius 1 is 1.10 bits per heavy atom. The summed E-state index contributed by atoms with van der Waals surface area (Å²) in [5, 5.41) is 7.05. The van der Waals surface area contributed by atoms with E-state index in [9.17, 15) is 14.4 Å². The molecule has 146 valence electrons. The zero-order chi connectivity index (χ0) is 20.7. The number of imide groups is 1. The van der Waals surface area contributed by atoms with E-state index in [0.717, 1.165) is 4.90 Å². The minimum atomic E-state index is -1.05. The van der Waals surface area contributed by atoms with Crippen LogP contribution in [0.1, 0.15) is 27.6 Å². The van der Waals surface area contributed by atoms with Crippen LogP contribution in [-0.2, 0) is 4.79 Å². The SMILES string of the molecule is CC(C(=O)Nc1ccc(-n2cccn2)nc1)N1C(=O)c2cc(Cl)c(Cl)cc2C1=O. The second-order valence-electron chi connectivity index (χ2n) is 6.31. The first-order chi connectivity index (χ1) is 13.9. The van der Waals surface area contributed by atoms with E-state index >= 15 is 0 Å². The number of anilines is 1. The topological polar surface area (TPSA) is 97.2 Å². The molecule has 0 saturated carbocycles. The number of pyridine rings is 1. The molecule has 0 fully saturated rings. The van der Waals surface area contributed by atoms with Gasteiger partial charge < -0.3 is 5.32 Å². The van der Waals surface area contributed by atoms with Crippen molar-refractivity contribution in [2.24, 2.45) is 0 Å². The minimum Gasteiger partial charge on any atom is -0.323 e. The van der Waals surface area contributed by atoms with Crippen LogP contribution in [0.2, 0.25) is 10.0 Å². The van der Waals surface area contributed by atoms with Gasteiger partial charge in [-0.3, -0.25) is 19.3 Å². The van der Waals surface area contributed by atoms with Crippen LogP contribution in [-0.4, -0.2) is 43.4 Å². The number of aromatic nitrogens is 3. The standard InChI is InChI=1S/C19H13Cl2N5O3/c1-10(26-18(28)12-7-14(20)15(21)8-13(12)19(26)29)17(27)24-11-3-4-16(22-9-11)25-6-2-5-23-25/h2-10H,1H3,(H,24,27). The third-order valence-electron chi connectivity index (χ3n) is 4.48. The number of hydrogen-bond donors (Lipinski definition) is 1. The first kappa shape index (κ1) is 19.1. The largest absolute Gasteiger partial charge is 0.323 e. The van der Waals surface area contributed by atoms with Gasteiger partial charge in [-0.1, -0.05) is 23.2 Å². The van der Waals surface area contributed by atoms with E-state index in [1.165, 1.54) is 25.3 Å². The average molecular weight is 430 g/mol. The summed E-state index contributed by atoms with van der Waals surface area (Å²) < 4.78 is 1.57. The molecule has 0 aliphatic carbocycles. The molecule has 10 heteroatoms. The molecule has 8 nitrogen and oxygen atoms in total. The second kappa shape index (κ2) is 7.31. The smallest absolute Gasteiger partial charge is 0.262 e. The number of nitrogens with zero attached hydrogens (tertiary/aromatic N) is 4. The lowest BCUT2D eigenvalue weighted by atomic mass is 10.1. The van der Waals surface area contributed by atoms with Crippen molar-refractivity contribution in [2.75, 3.05) is 5.32 Å². The highest BCUT2D eigenvalue weighted by molar-refractivity contribution is 6.43. The lowest BCUT2D eigenvalue weighted by Crippen LogP contribution is -2.45. The van der Waals surface area contributed by atoms with Crippen molar-refractivity contribution in [3.05, 3.63) is 70.1 Å². The fourth-order valence-electron chi connectivity index (χ4n) is 2.97. The van der Waals surface area contributed by atoms with Crippen molar-refractivity contribution in [1.29, 1.82) is 0 Å². The van der Waals surface area contributed by atoms with E-state index in [1.54, 1.807) is 35.3 Å². The summed E-state index contributed by atoms with van der Waals surface area (Å²) in [5.74, 6) is -1.16. The third-order valence-corrected chi connectivity index (χ3v) is 5.20. The van der Waals surface area contributed by atoms with E-state index < -0.39 is 23.8 Å². The summed E-state index contributed by atoms with van der Waals surface area (Å²) in [6.07, 6.45) is 4.83. The molecule has 4 rings (SSSR count). The monoisotopic (exact) mass is 429 g/mol. The zero-order valence-corrected chi connectivity index (χ0v) is 16.5. The summed E-state index contributed by atoms with van der Waals surface area (Å²) in [4.78, 5) is 43.0. The highest BCUT2D eigenvalue weighted by Gasteiger charge is 2.41. The van der Waals surface area contributed by atoms with Crippen molar-refractivity contribution in [3.63, 3.8) is 0 Å². The second-order valence-corrected chi connectivity index (χ2v) is 7.13. The Morgan fingerprint density at radius 2 is 1.76 bits per heavy atom. The molecule has 3 amide bonds. The van der Waals surface area contributed by atoms with E-state index in [4.69, 9.17) is 23.2 Å². The number of nitrogens with one attached hydrogen (secondary N) is 1. The summed E-state index contributed by atoms with van der Waals surface area (Å²) in [5.41, 5.74) is 0.657. The number of halogens is 2. The number of hydrogen-bond acceptors (Lipinski definition) is 5. The van der Waals surface area contributed by atoms with Gasteiger partial charge in [0.2, 0.25) is 5.91 Å². The first-order valence-corrected chi connectivity index (χ1v) is 9.26. The molecule has 3 aromatic rings. The van der Waals surface area contributed by atoms with Crippen molar-refractivity contribution in [1.82, 2.24) is 19.7 Å². The number of carbonyl (C=O) groups excluding carboxylic acids is 3. The van der Waals surface area contributed by atoms with Gasteiger partial charge in [0, 0.05) is 12.4 Å². The number of fused-ring (bicyclic) bond motifs is 1. The molecular formula is C19H13Cl2N5O3. The Morgan fingerprint density at radius 3 is 2.28 bits per heavy atom. The summed E-state index contributed by atoms with van der Waals surface area (Å²) >= 11 is 11.9. The summed E-state index contributed by atoms with van der Waals surface area (Å²) in [7, 11) is 0. The maximum atomic E-state index is 12.6. The number of benzene rings is 1. The molecule has 1 aromatic carbocycles. The van der Waals surface area contributed by atoms with Gasteiger partial charge in [-0.15, -0.1) is 0 Å². The molecule has 1 aliphatic rings. The van der Waals surface area contributed by atoms with Crippen LogP contribution in [0.25, 0.3) is 5.82 Å². The van der Waals surface area contributed by atoms with Crippen LogP contribution in [0.5, 0.6) is 0 Å². The van der Waals surface area contributed by atoms with Gasteiger partial charge in [-0.25, -0.2) is 9.67 Å². The van der Waals surface area contributed by atoms with Gasteiger partial charge in [-0.05, 0) is 37.3 Å². The zero-order valence-electron chi connectivity index (χ0n) is 15.0. The maximum absolute atomic E-state index is 12.6. The molecule has 1 N–H and O–H groups in total. The van der Waals surface area contributed by atoms with Gasteiger partial charge in [0.1, 0.15) is 6.04 Å². The summed E-state index contributed by atoms with van der Waals surface area (Å²) in [6.45, 7) is 1.46. The fourth-order valence-corrected chi connectivity index (χ4v) is 3.30. The molecule has 0 spiro atoms. The minimum absolute atomic E-state index is 0.120. The molecule has 1 atom stereocenters. The molecular weight excluding hydrogens is 417 g/mol. The fraction of sp³-hybridized carbons (Fsp3) is 0.105. The van der Waals surface area contributed by atoms with Gasteiger partial charge in [0.15, 0.2) is 5.82 Å². The Bertz CT molecular complexity index is 1090. The average Bonchev–Trinajstić information content (AvgIpc) is 3.31. The predicted molar refractivity (Wildman–Crippen MR) is 106 cm³/mol. The van der Waals surface area contributed by atoms with Gasteiger partial charge in [0.25, 0.3) is 11.8 Å². The van der Waals surface area contributed by atoms with Crippen LogP contribution in [0, 0.1) is 0 Å².